The van der Waals surface area contributed by atoms with Gasteiger partial charge in [-0.2, -0.15) is 0 Å². The third-order valence-electron chi connectivity index (χ3n) is 2.13. The van der Waals surface area contributed by atoms with Gasteiger partial charge in [-0.1, -0.05) is 11.6 Å². The van der Waals surface area contributed by atoms with E-state index in [2.05, 4.69) is 4.98 Å². The van der Waals surface area contributed by atoms with E-state index < -0.39 is 0 Å². The minimum absolute atomic E-state index is 0.603. The molecule has 1 heterocycles. The molecular weight excluding hydrogens is 186 g/mol. The largest absolute Gasteiger partial charge is 0.492 e. The van der Waals surface area contributed by atoms with Gasteiger partial charge in [0, 0.05) is 18.0 Å². The lowest BCUT2D eigenvalue weighted by Gasteiger charge is -2.06. The second-order valence-corrected chi connectivity index (χ2v) is 3.92. The number of halogens is 1. The lowest BCUT2D eigenvalue weighted by molar-refractivity contribution is 0.299. The molecule has 0 atom stereocenters. The van der Waals surface area contributed by atoms with Crippen molar-refractivity contribution in [2.45, 2.75) is 19.8 Å². The highest BCUT2D eigenvalue weighted by Crippen LogP contribution is 2.31. The molecule has 0 amide bonds. The molecule has 0 spiro atoms. The van der Waals surface area contributed by atoms with Crippen LogP contribution < -0.4 is 4.74 Å². The van der Waals surface area contributed by atoms with Crippen LogP contribution in [0.15, 0.2) is 12.3 Å². The first-order valence-electron chi connectivity index (χ1n) is 4.50. The predicted octanol–water partition coefficient (Wildman–Crippen LogP) is 2.83. The third kappa shape index (κ3) is 2.34. The van der Waals surface area contributed by atoms with E-state index in [1.807, 2.05) is 13.0 Å². The summed E-state index contributed by atoms with van der Waals surface area (Å²) >= 11 is 5.91. The maximum atomic E-state index is 5.91. The van der Waals surface area contributed by atoms with Crippen LogP contribution in [0.2, 0.25) is 5.02 Å². The molecule has 0 bridgehead atoms. The molecular formula is C10H12ClNO. The zero-order chi connectivity index (χ0) is 9.26. The zero-order valence-electron chi connectivity index (χ0n) is 7.59. The third-order valence-corrected chi connectivity index (χ3v) is 2.41. The maximum absolute atomic E-state index is 5.91. The summed E-state index contributed by atoms with van der Waals surface area (Å²) in [7, 11) is 0. The Labute approximate surface area is 82.9 Å². The van der Waals surface area contributed by atoms with Crippen LogP contribution in [0.4, 0.5) is 0 Å². The van der Waals surface area contributed by atoms with Crippen molar-refractivity contribution < 1.29 is 4.74 Å². The van der Waals surface area contributed by atoms with Gasteiger partial charge in [-0.15, -0.1) is 0 Å². The quantitative estimate of drug-likeness (QED) is 0.744. The lowest BCUT2D eigenvalue weighted by atomic mass is 10.3. The fourth-order valence-corrected chi connectivity index (χ4v) is 1.28. The molecule has 2 nitrogen and oxygen atoms in total. The fraction of sp³-hybridized carbons (Fsp3) is 0.500. The highest BCUT2D eigenvalue weighted by Gasteiger charge is 2.22. The van der Waals surface area contributed by atoms with E-state index >= 15 is 0 Å². The van der Waals surface area contributed by atoms with Gasteiger partial charge in [-0.25, -0.2) is 0 Å². The zero-order valence-corrected chi connectivity index (χ0v) is 8.34. The van der Waals surface area contributed by atoms with Crippen molar-refractivity contribution >= 4 is 11.6 Å². The van der Waals surface area contributed by atoms with Crippen molar-refractivity contribution in [3.05, 3.63) is 23.0 Å². The Kier molecular flexibility index (Phi) is 2.40. The van der Waals surface area contributed by atoms with Crippen LogP contribution in [0.25, 0.3) is 0 Å². The van der Waals surface area contributed by atoms with E-state index in [0.717, 1.165) is 24.0 Å². The number of rotatable bonds is 3. The molecule has 3 heteroatoms. The summed E-state index contributed by atoms with van der Waals surface area (Å²) in [6.45, 7) is 2.73. The molecule has 13 heavy (non-hydrogen) atoms. The molecule has 2 rings (SSSR count). The standard InChI is InChI=1S/C10H12ClNO/c1-7-4-10(9(11)5-12-7)13-6-8-2-3-8/h4-5,8H,2-3,6H2,1H3. The van der Waals surface area contributed by atoms with Gasteiger partial charge in [0.05, 0.1) is 6.61 Å². The molecule has 0 saturated heterocycles. The topological polar surface area (TPSA) is 22.1 Å². The van der Waals surface area contributed by atoms with Gasteiger partial charge < -0.3 is 4.74 Å². The van der Waals surface area contributed by atoms with Crippen molar-refractivity contribution in [2.75, 3.05) is 6.61 Å². The van der Waals surface area contributed by atoms with Gasteiger partial charge in [-0.3, -0.25) is 4.98 Å². The normalized spacial score (nSPS) is 15.8. The molecule has 1 saturated carbocycles. The van der Waals surface area contributed by atoms with E-state index in [1.165, 1.54) is 12.8 Å². The molecule has 0 aliphatic heterocycles. The van der Waals surface area contributed by atoms with Crippen molar-refractivity contribution in [2.24, 2.45) is 5.92 Å². The SMILES string of the molecule is Cc1cc(OCC2CC2)c(Cl)cn1. The van der Waals surface area contributed by atoms with Crippen LogP contribution in [0.3, 0.4) is 0 Å². The molecule has 1 aliphatic carbocycles. The van der Waals surface area contributed by atoms with E-state index in [0.29, 0.717) is 5.02 Å². The van der Waals surface area contributed by atoms with E-state index in [9.17, 15) is 0 Å². The molecule has 0 unspecified atom stereocenters. The number of nitrogens with zero attached hydrogens (tertiary/aromatic N) is 1. The Morgan fingerprint density at radius 3 is 3.08 bits per heavy atom. The minimum atomic E-state index is 0.603. The predicted molar refractivity (Wildman–Crippen MR) is 52.2 cm³/mol. The number of hydrogen-bond acceptors (Lipinski definition) is 2. The van der Waals surface area contributed by atoms with E-state index in [-0.39, 0.29) is 0 Å². The van der Waals surface area contributed by atoms with Crippen molar-refractivity contribution in [3.63, 3.8) is 0 Å². The Morgan fingerprint density at radius 2 is 2.38 bits per heavy atom. The molecule has 70 valence electrons. The second kappa shape index (κ2) is 3.54. The van der Waals surface area contributed by atoms with Crippen molar-refractivity contribution in [1.29, 1.82) is 0 Å². The molecule has 0 N–H and O–H groups in total. The van der Waals surface area contributed by atoms with Crippen LogP contribution >= 0.6 is 11.6 Å². The first-order valence-corrected chi connectivity index (χ1v) is 4.88. The molecule has 1 fully saturated rings. The van der Waals surface area contributed by atoms with E-state index in [1.54, 1.807) is 6.20 Å². The fourth-order valence-electron chi connectivity index (χ4n) is 1.12. The van der Waals surface area contributed by atoms with Gasteiger partial charge in [0.25, 0.3) is 0 Å². The van der Waals surface area contributed by atoms with Gasteiger partial charge >= 0.3 is 0 Å². The minimum Gasteiger partial charge on any atom is -0.492 e. The molecule has 0 radical (unpaired) electrons. The molecule has 1 aromatic heterocycles. The van der Waals surface area contributed by atoms with Gasteiger partial charge in [0.15, 0.2) is 0 Å². The Bertz CT molecular complexity index is 310. The highest BCUT2D eigenvalue weighted by molar-refractivity contribution is 6.31. The van der Waals surface area contributed by atoms with Crippen LogP contribution in [0.5, 0.6) is 5.75 Å². The van der Waals surface area contributed by atoms with Gasteiger partial charge in [-0.05, 0) is 25.7 Å². The number of ether oxygens (including phenoxy) is 1. The van der Waals surface area contributed by atoms with Crippen LogP contribution in [-0.2, 0) is 0 Å². The average Bonchev–Trinajstić information content (AvgIpc) is 2.90. The molecule has 0 aromatic carbocycles. The molecule has 1 aliphatic rings. The maximum Gasteiger partial charge on any atom is 0.141 e. The summed E-state index contributed by atoms with van der Waals surface area (Å²) in [5, 5.41) is 0.603. The summed E-state index contributed by atoms with van der Waals surface area (Å²) in [5.41, 5.74) is 0.940. The van der Waals surface area contributed by atoms with Crippen molar-refractivity contribution in [1.82, 2.24) is 4.98 Å². The second-order valence-electron chi connectivity index (χ2n) is 3.51. The summed E-state index contributed by atoms with van der Waals surface area (Å²) < 4.78 is 5.57. The van der Waals surface area contributed by atoms with Gasteiger partial charge in [0.1, 0.15) is 10.8 Å². The highest BCUT2D eigenvalue weighted by atomic mass is 35.5. The number of pyridine rings is 1. The van der Waals surface area contributed by atoms with Crippen LogP contribution in [-0.4, -0.2) is 11.6 Å². The Hall–Kier alpha value is -0.760. The first-order chi connectivity index (χ1) is 6.25. The first kappa shape index (κ1) is 8.82. The summed E-state index contributed by atoms with van der Waals surface area (Å²) in [6.07, 6.45) is 4.22. The number of hydrogen-bond donors (Lipinski definition) is 0. The smallest absolute Gasteiger partial charge is 0.141 e. The van der Waals surface area contributed by atoms with Crippen molar-refractivity contribution in [3.8, 4) is 5.75 Å². The Balaban J connectivity index is 2.03. The number of aryl methyl sites for hydroxylation is 1. The Morgan fingerprint density at radius 1 is 1.62 bits per heavy atom. The summed E-state index contributed by atoms with van der Waals surface area (Å²) in [5.74, 6) is 1.52. The number of aromatic nitrogens is 1. The van der Waals surface area contributed by atoms with Gasteiger partial charge in [0.2, 0.25) is 0 Å². The van der Waals surface area contributed by atoms with E-state index in [4.69, 9.17) is 16.3 Å². The average molecular weight is 198 g/mol. The van der Waals surface area contributed by atoms with Crippen LogP contribution in [0.1, 0.15) is 18.5 Å². The van der Waals surface area contributed by atoms with Crippen LogP contribution in [0, 0.1) is 12.8 Å². The summed E-state index contributed by atoms with van der Waals surface area (Å²) in [6, 6.07) is 1.88. The summed E-state index contributed by atoms with van der Waals surface area (Å²) in [4.78, 5) is 4.07. The lowest BCUT2D eigenvalue weighted by Crippen LogP contribution is -2.00. The molecule has 1 aromatic rings. The monoisotopic (exact) mass is 197 g/mol.